The Morgan fingerprint density at radius 2 is 2.21 bits per heavy atom. The van der Waals surface area contributed by atoms with E-state index < -0.39 is 17.6 Å². The van der Waals surface area contributed by atoms with Crippen LogP contribution in [0.5, 0.6) is 5.75 Å². The molecule has 28 heavy (non-hydrogen) atoms. The highest BCUT2D eigenvalue weighted by Crippen LogP contribution is 2.49. The summed E-state index contributed by atoms with van der Waals surface area (Å²) in [5, 5.41) is 0. The molecule has 2 N–H and O–H groups in total. The third kappa shape index (κ3) is 2.21. The van der Waals surface area contributed by atoms with Gasteiger partial charge in [-0.05, 0) is 42.7 Å². The Morgan fingerprint density at radius 3 is 2.96 bits per heavy atom. The number of amides is 1. The summed E-state index contributed by atoms with van der Waals surface area (Å²) >= 11 is 0. The second-order valence-corrected chi connectivity index (χ2v) is 7.24. The molecule has 1 aromatic heterocycles. The second kappa shape index (κ2) is 6.00. The third-order valence-corrected chi connectivity index (χ3v) is 5.68. The fourth-order valence-corrected chi connectivity index (χ4v) is 4.30. The average Bonchev–Trinajstić information content (AvgIpc) is 2.93. The number of likely N-dealkylation sites (N-methyl/N-ethyl adjacent to an activating group) is 1. The van der Waals surface area contributed by atoms with Gasteiger partial charge in [-0.2, -0.15) is 4.39 Å². The minimum absolute atomic E-state index is 0.128. The molecular weight excluding hydrogens is 363 g/mol. The zero-order valence-corrected chi connectivity index (χ0v) is 15.3. The van der Waals surface area contributed by atoms with Crippen molar-refractivity contribution in [3.05, 3.63) is 48.0 Å². The number of rotatable bonds is 1. The molecule has 3 aliphatic heterocycles. The highest BCUT2D eigenvalue weighted by Gasteiger charge is 2.61. The van der Waals surface area contributed by atoms with E-state index in [9.17, 15) is 9.18 Å². The smallest absolute Gasteiger partial charge is 0.264 e. The van der Waals surface area contributed by atoms with Gasteiger partial charge in [0.15, 0.2) is 5.96 Å². The maximum atomic E-state index is 14.3. The molecule has 1 aromatic carbocycles. The molecule has 4 heterocycles. The quantitative estimate of drug-likeness (QED) is 0.760. The molecule has 1 saturated heterocycles. The van der Waals surface area contributed by atoms with Crippen molar-refractivity contribution in [2.24, 2.45) is 10.7 Å². The van der Waals surface area contributed by atoms with Gasteiger partial charge in [-0.1, -0.05) is 6.07 Å². The SMILES string of the molecule is CN1C(=O)[C@@]2(N=C1N)c1cc(-c3cccnc3F)ccc1OC1CCCO[C@@H]12. The van der Waals surface area contributed by atoms with Gasteiger partial charge >= 0.3 is 0 Å². The van der Waals surface area contributed by atoms with Gasteiger partial charge in [0, 0.05) is 31.0 Å². The number of fused-ring (bicyclic) bond motifs is 4. The van der Waals surface area contributed by atoms with Gasteiger partial charge in [-0.15, -0.1) is 0 Å². The van der Waals surface area contributed by atoms with Crippen LogP contribution in [0.3, 0.4) is 0 Å². The number of ether oxygens (including phenoxy) is 2. The van der Waals surface area contributed by atoms with Crippen molar-refractivity contribution >= 4 is 11.9 Å². The number of hydrogen-bond donors (Lipinski definition) is 1. The zero-order chi connectivity index (χ0) is 19.5. The van der Waals surface area contributed by atoms with E-state index in [1.807, 2.05) is 0 Å². The normalized spacial score (nSPS) is 28.6. The number of nitrogens with zero attached hydrogens (tertiary/aromatic N) is 3. The molecule has 5 rings (SSSR count). The van der Waals surface area contributed by atoms with Crippen molar-refractivity contribution < 1.29 is 18.7 Å². The first-order valence-corrected chi connectivity index (χ1v) is 9.19. The molecule has 0 saturated carbocycles. The number of carbonyl (C=O) groups excluding carboxylic acids is 1. The summed E-state index contributed by atoms with van der Waals surface area (Å²) in [5.74, 6) is -0.183. The van der Waals surface area contributed by atoms with E-state index in [4.69, 9.17) is 15.2 Å². The van der Waals surface area contributed by atoms with Crippen LogP contribution in [0.4, 0.5) is 4.39 Å². The standard InChI is InChI=1S/C20H19FN4O3/c1-25-18(26)20(24-19(25)22)13-10-11(12-4-2-8-23-17(12)21)6-7-14(13)28-15-5-3-9-27-16(15)20/h2,4,6-8,10,15-16H,3,5,9H2,1H3,(H2,22,24)/t15?,16-,20+/m0/s1. The summed E-state index contributed by atoms with van der Waals surface area (Å²) in [5.41, 5.74) is 6.14. The summed E-state index contributed by atoms with van der Waals surface area (Å²) in [6.45, 7) is 0.519. The fourth-order valence-electron chi connectivity index (χ4n) is 4.30. The maximum absolute atomic E-state index is 14.3. The number of benzene rings is 1. The molecular formula is C20H19FN4O3. The van der Waals surface area contributed by atoms with Crippen LogP contribution in [0.25, 0.3) is 11.1 Å². The van der Waals surface area contributed by atoms with Crippen LogP contribution in [0.15, 0.2) is 41.5 Å². The summed E-state index contributed by atoms with van der Waals surface area (Å²) in [6.07, 6.45) is 2.11. The van der Waals surface area contributed by atoms with Gasteiger partial charge in [0.05, 0.1) is 0 Å². The minimum atomic E-state index is -1.33. The van der Waals surface area contributed by atoms with E-state index in [2.05, 4.69) is 9.98 Å². The van der Waals surface area contributed by atoms with Gasteiger partial charge in [-0.3, -0.25) is 9.69 Å². The van der Waals surface area contributed by atoms with Crippen molar-refractivity contribution in [3.63, 3.8) is 0 Å². The van der Waals surface area contributed by atoms with Crippen LogP contribution < -0.4 is 10.5 Å². The van der Waals surface area contributed by atoms with Crippen LogP contribution in [0, 0.1) is 5.95 Å². The average molecular weight is 382 g/mol. The van der Waals surface area contributed by atoms with Crippen molar-refractivity contribution in [2.45, 2.75) is 30.6 Å². The monoisotopic (exact) mass is 382 g/mol. The summed E-state index contributed by atoms with van der Waals surface area (Å²) in [4.78, 5) is 23.0. The van der Waals surface area contributed by atoms with Gasteiger partial charge in [-0.25, -0.2) is 9.98 Å². The lowest BCUT2D eigenvalue weighted by Gasteiger charge is -2.45. The van der Waals surface area contributed by atoms with E-state index in [1.165, 1.54) is 11.1 Å². The van der Waals surface area contributed by atoms with E-state index in [0.717, 1.165) is 12.8 Å². The number of carbonyl (C=O) groups is 1. The van der Waals surface area contributed by atoms with Crippen molar-refractivity contribution in [3.8, 4) is 16.9 Å². The largest absolute Gasteiger partial charge is 0.487 e. The molecule has 0 aliphatic carbocycles. The lowest BCUT2D eigenvalue weighted by Crippen LogP contribution is -2.58. The second-order valence-electron chi connectivity index (χ2n) is 7.24. The van der Waals surface area contributed by atoms with Crippen LogP contribution in [0.2, 0.25) is 0 Å². The number of hydrogen-bond acceptors (Lipinski definition) is 6. The Balaban J connectivity index is 1.74. The first-order chi connectivity index (χ1) is 13.5. The first-order valence-electron chi connectivity index (χ1n) is 9.19. The summed E-state index contributed by atoms with van der Waals surface area (Å²) in [6, 6.07) is 8.54. The lowest BCUT2D eigenvalue weighted by molar-refractivity contribution is -0.151. The van der Waals surface area contributed by atoms with Gasteiger partial charge in [0.2, 0.25) is 11.5 Å². The number of aliphatic imine (C=N–C) groups is 1. The Bertz CT molecular complexity index is 1010. The van der Waals surface area contributed by atoms with Crippen LogP contribution in [-0.4, -0.2) is 47.6 Å². The Hall–Kier alpha value is -3.00. The molecule has 3 aliphatic rings. The molecule has 0 bridgehead atoms. The maximum Gasteiger partial charge on any atom is 0.264 e. The predicted molar refractivity (Wildman–Crippen MR) is 99.1 cm³/mol. The predicted octanol–water partition coefficient (Wildman–Crippen LogP) is 1.81. The topological polar surface area (TPSA) is 90.0 Å². The van der Waals surface area contributed by atoms with E-state index in [0.29, 0.717) is 29.0 Å². The third-order valence-electron chi connectivity index (χ3n) is 5.68. The summed E-state index contributed by atoms with van der Waals surface area (Å²) in [7, 11) is 1.59. The van der Waals surface area contributed by atoms with Crippen LogP contribution in [0.1, 0.15) is 18.4 Å². The van der Waals surface area contributed by atoms with Crippen molar-refractivity contribution in [1.29, 1.82) is 0 Å². The molecule has 1 fully saturated rings. The number of pyridine rings is 1. The molecule has 1 unspecified atom stereocenters. The molecule has 1 spiro atoms. The van der Waals surface area contributed by atoms with Gasteiger partial charge < -0.3 is 15.2 Å². The summed E-state index contributed by atoms with van der Waals surface area (Å²) < 4.78 is 26.4. The number of nitrogens with two attached hydrogens (primary N) is 1. The fraction of sp³-hybridized carbons (Fsp3) is 0.350. The molecule has 3 atom stereocenters. The van der Waals surface area contributed by atoms with Crippen LogP contribution >= 0.6 is 0 Å². The first kappa shape index (κ1) is 17.1. The Morgan fingerprint density at radius 1 is 1.36 bits per heavy atom. The minimum Gasteiger partial charge on any atom is -0.487 e. The highest BCUT2D eigenvalue weighted by atomic mass is 19.1. The van der Waals surface area contributed by atoms with Gasteiger partial charge in [0.25, 0.3) is 5.91 Å². The van der Waals surface area contributed by atoms with E-state index in [1.54, 1.807) is 37.4 Å². The van der Waals surface area contributed by atoms with E-state index >= 15 is 0 Å². The van der Waals surface area contributed by atoms with Gasteiger partial charge in [0.1, 0.15) is 18.0 Å². The van der Waals surface area contributed by atoms with Crippen LogP contribution in [-0.2, 0) is 15.1 Å². The highest BCUT2D eigenvalue weighted by molar-refractivity contribution is 6.08. The van der Waals surface area contributed by atoms with E-state index in [-0.39, 0.29) is 18.0 Å². The molecule has 7 nitrogen and oxygen atoms in total. The number of halogens is 1. The molecule has 1 amide bonds. The number of aromatic nitrogens is 1. The Kier molecular flexibility index (Phi) is 3.67. The molecule has 0 radical (unpaired) electrons. The number of guanidine groups is 1. The molecule has 144 valence electrons. The molecule has 2 aromatic rings. The van der Waals surface area contributed by atoms with Crippen molar-refractivity contribution in [2.75, 3.05) is 13.7 Å². The zero-order valence-electron chi connectivity index (χ0n) is 15.3. The van der Waals surface area contributed by atoms with Crippen molar-refractivity contribution in [1.82, 2.24) is 9.88 Å². The lowest BCUT2D eigenvalue weighted by atomic mass is 9.76. The molecule has 8 heteroatoms. The Labute approximate surface area is 161 Å².